The van der Waals surface area contributed by atoms with Crippen LogP contribution in [0.5, 0.6) is 5.75 Å². The first-order chi connectivity index (χ1) is 9.69. The zero-order chi connectivity index (χ0) is 14.5. The lowest BCUT2D eigenvalue weighted by Gasteiger charge is -2.32. The minimum Gasteiger partial charge on any atom is -0.495 e. The highest BCUT2D eigenvalue weighted by atomic mass is 16.5. The van der Waals surface area contributed by atoms with Gasteiger partial charge in [-0.15, -0.1) is 0 Å². The molecule has 20 heavy (non-hydrogen) atoms. The molecule has 1 amide bonds. The summed E-state index contributed by atoms with van der Waals surface area (Å²) in [4.78, 5) is 14.1. The maximum Gasteiger partial charge on any atom is 0.240 e. The molecule has 0 spiro atoms. The zero-order valence-corrected chi connectivity index (χ0v) is 11.8. The van der Waals surface area contributed by atoms with Gasteiger partial charge in [0.05, 0.1) is 18.7 Å². The van der Waals surface area contributed by atoms with Crippen molar-refractivity contribution in [3.63, 3.8) is 0 Å². The van der Waals surface area contributed by atoms with Crippen LogP contribution in [0.2, 0.25) is 0 Å². The number of ether oxygens (including phenoxy) is 1. The van der Waals surface area contributed by atoms with Crippen molar-refractivity contribution < 1.29 is 9.53 Å². The molecule has 1 unspecified atom stereocenters. The molecule has 5 heteroatoms. The highest BCUT2D eigenvalue weighted by Crippen LogP contribution is 2.20. The summed E-state index contributed by atoms with van der Waals surface area (Å²) >= 11 is 0. The van der Waals surface area contributed by atoms with Crippen LogP contribution in [0.1, 0.15) is 24.5 Å². The molecule has 0 aliphatic carbocycles. The van der Waals surface area contributed by atoms with Gasteiger partial charge in [-0.1, -0.05) is 13.0 Å². The van der Waals surface area contributed by atoms with E-state index < -0.39 is 0 Å². The Morgan fingerprint density at radius 2 is 2.35 bits per heavy atom. The summed E-state index contributed by atoms with van der Waals surface area (Å²) in [6, 6.07) is 7.49. The predicted molar refractivity (Wildman–Crippen MR) is 75.2 cm³/mol. The van der Waals surface area contributed by atoms with Gasteiger partial charge in [0.2, 0.25) is 5.91 Å². The van der Waals surface area contributed by atoms with Crippen molar-refractivity contribution in [3.8, 4) is 11.8 Å². The molecule has 0 bridgehead atoms. The van der Waals surface area contributed by atoms with Crippen molar-refractivity contribution in [2.75, 3.05) is 20.2 Å². The van der Waals surface area contributed by atoms with Gasteiger partial charge in [-0.2, -0.15) is 5.26 Å². The highest BCUT2D eigenvalue weighted by Gasteiger charge is 2.26. The molecule has 1 heterocycles. The fourth-order valence-corrected chi connectivity index (χ4v) is 2.43. The minimum absolute atomic E-state index is 0.0857. The number of benzene rings is 1. The molecule has 1 saturated heterocycles. The Morgan fingerprint density at radius 3 is 3.00 bits per heavy atom. The van der Waals surface area contributed by atoms with E-state index in [1.54, 1.807) is 19.2 Å². The van der Waals surface area contributed by atoms with E-state index in [9.17, 15) is 4.79 Å². The molecule has 1 N–H and O–H groups in total. The van der Waals surface area contributed by atoms with Crippen LogP contribution in [0.25, 0.3) is 0 Å². The number of rotatable bonds is 4. The van der Waals surface area contributed by atoms with Crippen LogP contribution in [-0.4, -0.2) is 37.0 Å². The van der Waals surface area contributed by atoms with Gasteiger partial charge >= 0.3 is 0 Å². The molecule has 1 aliphatic heterocycles. The van der Waals surface area contributed by atoms with Gasteiger partial charge in [-0.3, -0.25) is 4.79 Å². The minimum atomic E-state index is -0.0857. The van der Waals surface area contributed by atoms with Crippen LogP contribution in [0.4, 0.5) is 0 Å². The normalized spacial score (nSPS) is 18.8. The van der Waals surface area contributed by atoms with Gasteiger partial charge in [0, 0.05) is 19.6 Å². The Balaban J connectivity index is 2.14. The SMILES string of the molecule is CCC1NCCN(Cc2ccc(OC)c(C#N)c2)C1=O. The number of methoxy groups -OCH3 is 1. The lowest BCUT2D eigenvalue weighted by Crippen LogP contribution is -2.54. The van der Waals surface area contributed by atoms with Gasteiger partial charge < -0.3 is 15.0 Å². The van der Waals surface area contributed by atoms with E-state index >= 15 is 0 Å². The van der Waals surface area contributed by atoms with E-state index in [0.717, 1.165) is 18.5 Å². The maximum atomic E-state index is 12.2. The van der Waals surface area contributed by atoms with Crippen LogP contribution in [0.15, 0.2) is 18.2 Å². The fourth-order valence-electron chi connectivity index (χ4n) is 2.43. The second kappa shape index (κ2) is 6.40. The Kier molecular flexibility index (Phi) is 4.59. The Bertz CT molecular complexity index is 536. The molecular weight excluding hydrogens is 254 g/mol. The second-order valence-corrected chi connectivity index (χ2v) is 4.82. The third-order valence-corrected chi connectivity index (χ3v) is 3.55. The largest absolute Gasteiger partial charge is 0.495 e. The number of nitrogens with zero attached hydrogens (tertiary/aromatic N) is 2. The molecular formula is C15H19N3O2. The maximum absolute atomic E-state index is 12.2. The summed E-state index contributed by atoms with van der Waals surface area (Å²) in [5, 5.41) is 12.3. The quantitative estimate of drug-likeness (QED) is 0.897. The fraction of sp³-hybridized carbons (Fsp3) is 0.467. The van der Waals surface area contributed by atoms with Crippen LogP contribution < -0.4 is 10.1 Å². The first kappa shape index (κ1) is 14.4. The van der Waals surface area contributed by atoms with Crippen molar-refractivity contribution >= 4 is 5.91 Å². The molecule has 1 atom stereocenters. The summed E-state index contributed by atoms with van der Waals surface area (Å²) in [6.07, 6.45) is 0.793. The standard InChI is InChI=1S/C15H19N3O2/c1-3-13-15(19)18(7-6-17-13)10-11-4-5-14(20-2)12(8-11)9-16/h4-5,8,13,17H,3,6-7,10H2,1-2H3. The van der Waals surface area contributed by atoms with Crippen molar-refractivity contribution in [1.29, 1.82) is 5.26 Å². The number of nitriles is 1. The molecule has 106 valence electrons. The van der Waals surface area contributed by atoms with Crippen LogP contribution in [-0.2, 0) is 11.3 Å². The second-order valence-electron chi connectivity index (χ2n) is 4.82. The van der Waals surface area contributed by atoms with Gasteiger partial charge in [0.15, 0.2) is 0 Å². The van der Waals surface area contributed by atoms with Crippen molar-refractivity contribution in [1.82, 2.24) is 10.2 Å². The Morgan fingerprint density at radius 1 is 1.55 bits per heavy atom. The molecule has 1 aliphatic rings. The molecule has 0 aromatic heterocycles. The predicted octanol–water partition coefficient (Wildman–Crippen LogP) is 1.28. The molecule has 1 aromatic rings. The zero-order valence-electron chi connectivity index (χ0n) is 11.8. The molecule has 2 rings (SSSR count). The smallest absolute Gasteiger partial charge is 0.240 e. The lowest BCUT2D eigenvalue weighted by molar-refractivity contribution is -0.136. The molecule has 1 aromatic carbocycles. The number of piperazine rings is 1. The molecule has 0 radical (unpaired) electrons. The molecule has 0 saturated carbocycles. The number of hydrogen-bond acceptors (Lipinski definition) is 4. The Hall–Kier alpha value is -2.06. The average Bonchev–Trinajstić information content (AvgIpc) is 2.49. The number of hydrogen-bond donors (Lipinski definition) is 1. The summed E-state index contributed by atoms with van der Waals surface area (Å²) in [5.74, 6) is 0.697. The summed E-state index contributed by atoms with van der Waals surface area (Å²) in [5.41, 5.74) is 1.45. The van der Waals surface area contributed by atoms with Crippen LogP contribution in [0.3, 0.4) is 0 Å². The average molecular weight is 273 g/mol. The number of carbonyl (C=O) groups is 1. The number of carbonyl (C=O) groups excluding carboxylic acids is 1. The lowest BCUT2D eigenvalue weighted by atomic mass is 10.1. The first-order valence-corrected chi connectivity index (χ1v) is 6.78. The summed E-state index contributed by atoms with van der Waals surface area (Å²) < 4.78 is 5.12. The van der Waals surface area contributed by atoms with E-state index in [1.807, 2.05) is 17.9 Å². The number of amides is 1. The van der Waals surface area contributed by atoms with Gasteiger partial charge in [0.1, 0.15) is 11.8 Å². The third kappa shape index (κ3) is 2.91. The highest BCUT2D eigenvalue weighted by molar-refractivity contribution is 5.82. The Labute approximate surface area is 119 Å². The summed E-state index contributed by atoms with van der Waals surface area (Å²) in [6.45, 7) is 4.05. The van der Waals surface area contributed by atoms with E-state index in [0.29, 0.717) is 24.4 Å². The molecule has 5 nitrogen and oxygen atoms in total. The van der Waals surface area contributed by atoms with Gasteiger partial charge in [0.25, 0.3) is 0 Å². The van der Waals surface area contributed by atoms with E-state index in [2.05, 4.69) is 11.4 Å². The van der Waals surface area contributed by atoms with Crippen LogP contribution in [0, 0.1) is 11.3 Å². The van der Waals surface area contributed by atoms with Crippen molar-refractivity contribution in [2.45, 2.75) is 25.9 Å². The van der Waals surface area contributed by atoms with E-state index in [1.165, 1.54) is 0 Å². The summed E-state index contributed by atoms with van der Waals surface area (Å²) in [7, 11) is 1.54. The molecule has 1 fully saturated rings. The number of nitrogens with one attached hydrogen (secondary N) is 1. The van der Waals surface area contributed by atoms with E-state index in [4.69, 9.17) is 10.00 Å². The van der Waals surface area contributed by atoms with Crippen LogP contribution >= 0.6 is 0 Å². The van der Waals surface area contributed by atoms with E-state index in [-0.39, 0.29) is 11.9 Å². The van der Waals surface area contributed by atoms with Crippen molar-refractivity contribution in [3.05, 3.63) is 29.3 Å². The topological polar surface area (TPSA) is 65.4 Å². The monoisotopic (exact) mass is 273 g/mol. The van der Waals surface area contributed by atoms with Crippen molar-refractivity contribution in [2.24, 2.45) is 0 Å². The van der Waals surface area contributed by atoms with Gasteiger partial charge in [-0.05, 0) is 24.1 Å². The van der Waals surface area contributed by atoms with Gasteiger partial charge in [-0.25, -0.2) is 0 Å². The third-order valence-electron chi connectivity index (χ3n) is 3.55. The first-order valence-electron chi connectivity index (χ1n) is 6.78.